The molecule has 1 aromatic carbocycles. The molecule has 0 fully saturated rings. The highest BCUT2D eigenvalue weighted by Crippen LogP contribution is 2.31. The first kappa shape index (κ1) is 22.2. The van der Waals surface area contributed by atoms with E-state index >= 15 is 0 Å². The molecule has 1 atom stereocenters. The van der Waals surface area contributed by atoms with Crippen LogP contribution >= 0.6 is 0 Å². The molecule has 5 heterocycles. The number of aromatic nitrogens is 5. The van der Waals surface area contributed by atoms with Gasteiger partial charge in [0.1, 0.15) is 18.0 Å². The number of anilines is 1. The fourth-order valence-corrected chi connectivity index (χ4v) is 4.61. The second-order valence-electron chi connectivity index (χ2n) is 8.98. The Morgan fingerprint density at radius 1 is 1.19 bits per heavy atom. The van der Waals surface area contributed by atoms with Gasteiger partial charge in [-0.15, -0.1) is 0 Å². The Kier molecular flexibility index (Phi) is 5.82. The molecule has 1 amide bonds. The van der Waals surface area contributed by atoms with Gasteiger partial charge in [0.05, 0.1) is 43.2 Å². The van der Waals surface area contributed by atoms with Crippen LogP contribution in [0.4, 0.5) is 5.69 Å². The summed E-state index contributed by atoms with van der Waals surface area (Å²) in [5.41, 5.74) is 3.63. The van der Waals surface area contributed by atoms with Crippen LogP contribution in [0.2, 0.25) is 0 Å². The molecular weight excluding hydrogens is 460 g/mol. The van der Waals surface area contributed by atoms with E-state index < -0.39 is 0 Å². The number of nitrogens with one attached hydrogen (secondary N) is 3. The Labute approximate surface area is 206 Å². The number of rotatable bonds is 6. The maximum Gasteiger partial charge on any atom is 0.277 e. The molecule has 3 N–H and O–H groups in total. The van der Waals surface area contributed by atoms with Crippen molar-refractivity contribution in [2.75, 3.05) is 11.9 Å². The van der Waals surface area contributed by atoms with Gasteiger partial charge in [-0.1, -0.05) is 18.2 Å². The van der Waals surface area contributed by atoms with Crippen LogP contribution in [-0.2, 0) is 37.4 Å². The first-order valence-electron chi connectivity index (χ1n) is 12.0. The Hall–Kier alpha value is -4.25. The van der Waals surface area contributed by atoms with Gasteiger partial charge in [-0.25, -0.2) is 9.97 Å². The summed E-state index contributed by atoms with van der Waals surface area (Å²) in [6.07, 6.45) is 5.38. The van der Waals surface area contributed by atoms with Gasteiger partial charge < -0.3 is 15.1 Å². The Morgan fingerprint density at radius 3 is 2.94 bits per heavy atom. The van der Waals surface area contributed by atoms with E-state index in [-0.39, 0.29) is 24.1 Å². The fourth-order valence-electron chi connectivity index (χ4n) is 4.61. The van der Waals surface area contributed by atoms with Crippen molar-refractivity contribution >= 4 is 11.6 Å². The predicted molar refractivity (Wildman–Crippen MR) is 131 cm³/mol. The van der Waals surface area contributed by atoms with E-state index in [1.54, 1.807) is 6.20 Å². The highest BCUT2D eigenvalue weighted by atomic mass is 16.4. The van der Waals surface area contributed by atoms with Crippen molar-refractivity contribution < 1.29 is 9.21 Å². The average molecular weight is 487 g/mol. The quantitative estimate of drug-likeness (QED) is 0.375. The van der Waals surface area contributed by atoms with Crippen molar-refractivity contribution in [2.24, 2.45) is 0 Å². The van der Waals surface area contributed by atoms with E-state index in [4.69, 9.17) is 4.42 Å². The van der Waals surface area contributed by atoms with Gasteiger partial charge in [-0.2, -0.15) is 5.10 Å². The molecule has 0 bridgehead atoms. The van der Waals surface area contributed by atoms with Gasteiger partial charge in [-0.3, -0.25) is 24.2 Å². The van der Waals surface area contributed by atoms with Crippen molar-refractivity contribution in [2.45, 2.75) is 45.1 Å². The van der Waals surface area contributed by atoms with Crippen LogP contribution in [0, 0.1) is 0 Å². The number of aryl methyl sites for hydroxylation is 1. The third-order valence-electron chi connectivity index (χ3n) is 6.51. The molecule has 1 unspecified atom stereocenters. The summed E-state index contributed by atoms with van der Waals surface area (Å²) in [5.74, 6) is 0.913. The topological polar surface area (TPSA) is 132 Å². The molecule has 11 nitrogen and oxygen atoms in total. The van der Waals surface area contributed by atoms with E-state index in [9.17, 15) is 9.59 Å². The first-order chi connectivity index (χ1) is 17.6. The number of hydrogen-bond acceptors (Lipinski definition) is 8. The lowest BCUT2D eigenvalue weighted by molar-refractivity contribution is -0.121. The van der Waals surface area contributed by atoms with Crippen molar-refractivity contribution in [3.05, 3.63) is 82.1 Å². The molecule has 184 valence electrons. The molecule has 36 heavy (non-hydrogen) atoms. The number of fused-ring (bicyclic) bond motifs is 2. The molecule has 6 rings (SSSR count). The maximum atomic E-state index is 13.2. The van der Waals surface area contributed by atoms with Crippen molar-refractivity contribution in [3.63, 3.8) is 0 Å². The van der Waals surface area contributed by atoms with Gasteiger partial charge in [0.25, 0.3) is 5.56 Å². The number of benzene rings is 1. The lowest BCUT2D eigenvalue weighted by Gasteiger charge is -2.24. The minimum atomic E-state index is -0.286. The van der Waals surface area contributed by atoms with Crippen molar-refractivity contribution in [1.29, 1.82) is 0 Å². The second kappa shape index (κ2) is 9.42. The second-order valence-corrected chi connectivity index (χ2v) is 8.98. The van der Waals surface area contributed by atoms with E-state index in [1.807, 2.05) is 41.1 Å². The first-order valence-corrected chi connectivity index (χ1v) is 12.0. The van der Waals surface area contributed by atoms with Crippen molar-refractivity contribution in [3.8, 4) is 11.5 Å². The third-order valence-corrected chi connectivity index (χ3v) is 6.51. The van der Waals surface area contributed by atoms with Gasteiger partial charge in [0.15, 0.2) is 0 Å². The number of oxazole rings is 1. The van der Waals surface area contributed by atoms with Gasteiger partial charge in [0, 0.05) is 24.2 Å². The Bertz CT molecular complexity index is 1430. The lowest BCUT2D eigenvalue weighted by atomic mass is 10.0. The van der Waals surface area contributed by atoms with Crippen LogP contribution in [0.25, 0.3) is 11.5 Å². The van der Waals surface area contributed by atoms with Crippen molar-refractivity contribution in [1.82, 2.24) is 34.9 Å². The largest absolute Gasteiger partial charge is 0.439 e. The molecule has 4 aromatic rings. The highest BCUT2D eigenvalue weighted by molar-refractivity contribution is 5.75. The standard InChI is InChI=1S/C25H26N8O3/c34-22(27-11-17-10-18-8-9-26-14-33(18)31-17)13-32-15-29-20-7-6-19(30-23(20)25(32)35)21-12-28-24(36-21)16-4-2-1-3-5-16/h1-5,10,12,15,19,26,30H,6-9,11,13-14H2,(H,27,34). The summed E-state index contributed by atoms with van der Waals surface area (Å²) in [6.45, 7) is 1.78. The average Bonchev–Trinajstić information content (AvgIpc) is 3.57. The molecule has 0 saturated heterocycles. The minimum Gasteiger partial charge on any atom is -0.439 e. The molecule has 0 spiro atoms. The number of hydrogen-bond donors (Lipinski definition) is 3. The zero-order valence-electron chi connectivity index (χ0n) is 19.6. The number of carbonyl (C=O) groups excluding carboxylic acids is 1. The molecule has 2 aliphatic rings. The molecule has 0 radical (unpaired) electrons. The summed E-state index contributed by atoms with van der Waals surface area (Å²) in [7, 11) is 0. The summed E-state index contributed by atoms with van der Waals surface area (Å²) < 4.78 is 9.21. The molecule has 0 aliphatic carbocycles. The lowest BCUT2D eigenvalue weighted by Crippen LogP contribution is -2.35. The van der Waals surface area contributed by atoms with Crippen LogP contribution in [0.5, 0.6) is 0 Å². The van der Waals surface area contributed by atoms with Crippen LogP contribution < -0.4 is 21.5 Å². The molecule has 3 aromatic heterocycles. The summed E-state index contributed by atoms with van der Waals surface area (Å²) >= 11 is 0. The van der Waals surface area contributed by atoms with Crippen LogP contribution in [0.15, 0.2) is 58.1 Å². The van der Waals surface area contributed by atoms with Crippen LogP contribution in [-0.4, -0.2) is 36.8 Å². The van der Waals surface area contributed by atoms with Gasteiger partial charge >= 0.3 is 0 Å². The maximum absolute atomic E-state index is 13.2. The molecular formula is C25H26N8O3. The number of nitrogens with zero attached hydrogens (tertiary/aromatic N) is 5. The summed E-state index contributed by atoms with van der Waals surface area (Å²) in [6, 6.07) is 11.5. The van der Waals surface area contributed by atoms with Gasteiger partial charge in [0.2, 0.25) is 11.8 Å². The molecule has 2 aliphatic heterocycles. The number of carbonyl (C=O) groups is 1. The predicted octanol–water partition coefficient (Wildman–Crippen LogP) is 1.61. The van der Waals surface area contributed by atoms with E-state index in [0.717, 1.165) is 36.3 Å². The van der Waals surface area contributed by atoms with Crippen LogP contribution in [0.3, 0.4) is 0 Å². The molecule has 11 heteroatoms. The highest BCUT2D eigenvalue weighted by Gasteiger charge is 2.26. The molecule has 0 saturated carbocycles. The summed E-state index contributed by atoms with van der Waals surface area (Å²) in [5, 5.41) is 13.9. The Morgan fingerprint density at radius 2 is 2.08 bits per heavy atom. The minimum absolute atomic E-state index is 0.124. The monoisotopic (exact) mass is 486 g/mol. The Balaban J connectivity index is 1.13. The zero-order valence-corrected chi connectivity index (χ0v) is 19.6. The third kappa shape index (κ3) is 4.40. The normalized spacial score (nSPS) is 16.6. The van der Waals surface area contributed by atoms with E-state index in [1.165, 1.54) is 10.9 Å². The zero-order chi connectivity index (χ0) is 24.5. The smallest absolute Gasteiger partial charge is 0.277 e. The van der Waals surface area contributed by atoms with Gasteiger partial charge in [-0.05, 0) is 31.0 Å². The van der Waals surface area contributed by atoms with Crippen LogP contribution in [0.1, 0.15) is 35.3 Å². The number of amides is 1. The van der Waals surface area contributed by atoms with E-state index in [2.05, 4.69) is 31.0 Å². The fraction of sp³-hybridized carbons (Fsp3) is 0.320. The van der Waals surface area contributed by atoms with E-state index in [0.29, 0.717) is 42.7 Å². The SMILES string of the molecule is O=C(Cn1cnc2c(c1=O)NC(c1cnc(-c3ccccc3)o1)CC2)NCc1cc2n(n1)CNCC2. The summed E-state index contributed by atoms with van der Waals surface area (Å²) in [4.78, 5) is 34.6.